The molecule has 3 aromatic carbocycles. The third kappa shape index (κ3) is 4.46. The van der Waals surface area contributed by atoms with Crippen LogP contribution in [-0.4, -0.2) is 20.7 Å². The molecular formula is C25H16ClN3O4S. The maximum Gasteiger partial charge on any atom is 0.290 e. The van der Waals surface area contributed by atoms with E-state index in [0.717, 1.165) is 17.3 Å². The fourth-order valence-electron chi connectivity index (χ4n) is 3.51. The molecule has 1 aromatic heterocycles. The van der Waals surface area contributed by atoms with Crippen LogP contribution in [-0.2, 0) is 11.4 Å². The van der Waals surface area contributed by atoms with E-state index < -0.39 is 5.91 Å². The number of carbonyl (C=O) groups excluding carboxylic acids is 2. The molecule has 4 aromatic rings. The van der Waals surface area contributed by atoms with Crippen molar-refractivity contribution in [1.29, 1.82) is 0 Å². The highest BCUT2D eigenvalue weighted by Crippen LogP contribution is 2.26. The molecule has 0 spiro atoms. The number of rotatable bonds is 5. The van der Waals surface area contributed by atoms with Crippen LogP contribution in [0.15, 0.2) is 82.5 Å². The summed E-state index contributed by atoms with van der Waals surface area (Å²) in [5, 5.41) is 2.91. The standard InChI is InChI=1S/C25H16ClN3O4S/c26-16-7-9-17(10-8-16)29-22(27-20-4-2-1-3-19(20)24(29)31)14-33-18-11-5-15(6-12-18)13-21-23(30)28-25(32)34-21/h1-13H,14H2,(H,28,30,32). The third-order valence-corrected chi connectivity index (χ3v) is 6.18. The number of para-hydroxylation sites is 1. The summed E-state index contributed by atoms with van der Waals surface area (Å²) in [6, 6.07) is 21.2. The highest BCUT2D eigenvalue weighted by molar-refractivity contribution is 8.18. The van der Waals surface area contributed by atoms with Crippen molar-refractivity contribution < 1.29 is 14.3 Å². The van der Waals surface area contributed by atoms with Crippen LogP contribution in [0.2, 0.25) is 5.02 Å². The lowest BCUT2D eigenvalue weighted by molar-refractivity contribution is -0.115. The van der Waals surface area contributed by atoms with Crippen molar-refractivity contribution in [3.63, 3.8) is 0 Å². The molecule has 2 heterocycles. The first-order valence-corrected chi connectivity index (χ1v) is 11.4. The number of amides is 2. The van der Waals surface area contributed by atoms with E-state index in [2.05, 4.69) is 10.3 Å². The molecule has 1 N–H and O–H groups in total. The largest absolute Gasteiger partial charge is 0.486 e. The van der Waals surface area contributed by atoms with Crippen molar-refractivity contribution in [1.82, 2.24) is 14.9 Å². The number of aromatic nitrogens is 2. The van der Waals surface area contributed by atoms with Crippen LogP contribution in [0.1, 0.15) is 11.4 Å². The number of imide groups is 1. The van der Waals surface area contributed by atoms with E-state index in [1.807, 2.05) is 6.07 Å². The number of fused-ring (bicyclic) bond motifs is 1. The Labute approximate surface area is 203 Å². The quantitative estimate of drug-likeness (QED) is 0.399. The topological polar surface area (TPSA) is 90.3 Å². The van der Waals surface area contributed by atoms with Crippen LogP contribution < -0.4 is 15.6 Å². The molecule has 168 valence electrons. The second-order valence-corrected chi connectivity index (χ2v) is 8.82. The van der Waals surface area contributed by atoms with E-state index in [1.165, 1.54) is 4.57 Å². The first-order valence-electron chi connectivity index (χ1n) is 10.2. The number of carbonyl (C=O) groups is 2. The summed E-state index contributed by atoms with van der Waals surface area (Å²) in [5.41, 5.74) is 1.77. The molecule has 1 aliphatic rings. The second kappa shape index (κ2) is 9.17. The minimum absolute atomic E-state index is 0.0515. The Kier molecular flexibility index (Phi) is 5.91. The third-order valence-electron chi connectivity index (χ3n) is 5.12. The van der Waals surface area contributed by atoms with Crippen LogP contribution in [0.4, 0.5) is 4.79 Å². The van der Waals surface area contributed by atoms with Gasteiger partial charge in [-0.15, -0.1) is 0 Å². The Morgan fingerprint density at radius 1 is 0.971 bits per heavy atom. The zero-order valence-electron chi connectivity index (χ0n) is 17.5. The van der Waals surface area contributed by atoms with Gasteiger partial charge in [0.2, 0.25) is 0 Å². The molecule has 5 rings (SSSR count). The van der Waals surface area contributed by atoms with Gasteiger partial charge in [-0.1, -0.05) is 35.9 Å². The fourth-order valence-corrected chi connectivity index (χ4v) is 4.32. The predicted octanol–water partition coefficient (Wildman–Crippen LogP) is 4.94. The van der Waals surface area contributed by atoms with E-state index in [0.29, 0.717) is 38.1 Å². The van der Waals surface area contributed by atoms with Crippen molar-refractivity contribution >= 4 is 51.5 Å². The molecule has 34 heavy (non-hydrogen) atoms. The second-order valence-electron chi connectivity index (χ2n) is 7.37. The molecule has 0 radical (unpaired) electrons. The van der Waals surface area contributed by atoms with Crippen molar-refractivity contribution in [2.75, 3.05) is 0 Å². The number of halogens is 1. The number of ether oxygens (including phenoxy) is 1. The molecule has 0 saturated carbocycles. The summed E-state index contributed by atoms with van der Waals surface area (Å²) < 4.78 is 7.46. The number of nitrogens with one attached hydrogen (secondary N) is 1. The Morgan fingerprint density at radius 3 is 2.41 bits per heavy atom. The zero-order chi connectivity index (χ0) is 23.7. The van der Waals surface area contributed by atoms with Gasteiger partial charge in [0.1, 0.15) is 12.4 Å². The van der Waals surface area contributed by atoms with Gasteiger partial charge in [0.25, 0.3) is 16.7 Å². The summed E-state index contributed by atoms with van der Waals surface area (Å²) in [5.74, 6) is 0.597. The minimum atomic E-state index is -0.405. The molecule has 0 unspecified atom stereocenters. The van der Waals surface area contributed by atoms with Gasteiger partial charge < -0.3 is 4.74 Å². The fraction of sp³-hybridized carbons (Fsp3) is 0.0400. The van der Waals surface area contributed by atoms with Gasteiger partial charge in [0.05, 0.1) is 21.5 Å². The Balaban J connectivity index is 1.44. The number of benzene rings is 3. The molecule has 7 nitrogen and oxygen atoms in total. The van der Waals surface area contributed by atoms with E-state index in [-0.39, 0.29) is 17.4 Å². The minimum Gasteiger partial charge on any atom is -0.486 e. The van der Waals surface area contributed by atoms with Crippen LogP contribution >= 0.6 is 23.4 Å². The van der Waals surface area contributed by atoms with Crippen LogP contribution in [0, 0.1) is 0 Å². The van der Waals surface area contributed by atoms with Gasteiger partial charge in [-0.3, -0.25) is 24.3 Å². The van der Waals surface area contributed by atoms with Crippen molar-refractivity contribution in [3.05, 3.63) is 104 Å². The van der Waals surface area contributed by atoms with Gasteiger partial charge in [-0.25, -0.2) is 4.98 Å². The van der Waals surface area contributed by atoms with Crippen LogP contribution in [0.25, 0.3) is 22.7 Å². The number of thioether (sulfide) groups is 1. The smallest absolute Gasteiger partial charge is 0.290 e. The first-order chi connectivity index (χ1) is 16.5. The highest BCUT2D eigenvalue weighted by atomic mass is 35.5. The lowest BCUT2D eigenvalue weighted by Crippen LogP contribution is -2.25. The van der Waals surface area contributed by atoms with Crippen LogP contribution in [0.5, 0.6) is 5.75 Å². The summed E-state index contributed by atoms with van der Waals surface area (Å²) in [4.78, 5) is 41.3. The number of hydrogen-bond donors (Lipinski definition) is 1. The normalized spacial score (nSPS) is 14.6. The van der Waals surface area contributed by atoms with Crippen molar-refractivity contribution in [2.45, 2.75) is 6.61 Å². The monoisotopic (exact) mass is 489 g/mol. The number of nitrogens with zero attached hydrogens (tertiary/aromatic N) is 2. The molecule has 0 bridgehead atoms. The van der Waals surface area contributed by atoms with Gasteiger partial charge in [-0.2, -0.15) is 0 Å². The lowest BCUT2D eigenvalue weighted by Gasteiger charge is -2.14. The average Bonchev–Trinajstić information content (AvgIpc) is 3.16. The van der Waals surface area contributed by atoms with Gasteiger partial charge >= 0.3 is 0 Å². The molecule has 0 atom stereocenters. The molecule has 2 amide bonds. The summed E-state index contributed by atoms with van der Waals surface area (Å²) >= 11 is 6.89. The Hall–Kier alpha value is -3.88. The zero-order valence-corrected chi connectivity index (χ0v) is 19.1. The predicted molar refractivity (Wildman–Crippen MR) is 132 cm³/mol. The maximum absolute atomic E-state index is 13.3. The van der Waals surface area contributed by atoms with Crippen LogP contribution in [0.3, 0.4) is 0 Å². The van der Waals surface area contributed by atoms with Gasteiger partial charge in [-0.05, 0) is 71.9 Å². The highest BCUT2D eigenvalue weighted by Gasteiger charge is 2.24. The van der Waals surface area contributed by atoms with Crippen molar-refractivity contribution in [3.8, 4) is 11.4 Å². The summed E-state index contributed by atoms with van der Waals surface area (Å²) in [6.07, 6.45) is 1.64. The Bertz CT molecular complexity index is 1510. The van der Waals surface area contributed by atoms with E-state index >= 15 is 0 Å². The molecule has 0 aliphatic carbocycles. The molecule has 1 aliphatic heterocycles. The Morgan fingerprint density at radius 2 is 1.71 bits per heavy atom. The lowest BCUT2D eigenvalue weighted by atomic mass is 10.2. The number of hydrogen-bond acceptors (Lipinski definition) is 6. The summed E-state index contributed by atoms with van der Waals surface area (Å²) in [6.45, 7) is 0.0515. The van der Waals surface area contributed by atoms with E-state index in [1.54, 1.807) is 72.8 Å². The molecule has 1 saturated heterocycles. The molecule has 1 fully saturated rings. The SMILES string of the molecule is O=C1NC(=O)C(=Cc2ccc(OCc3nc4ccccc4c(=O)n3-c3ccc(Cl)cc3)cc2)S1. The average molecular weight is 490 g/mol. The maximum atomic E-state index is 13.3. The van der Waals surface area contributed by atoms with E-state index in [9.17, 15) is 14.4 Å². The van der Waals surface area contributed by atoms with Gasteiger partial charge in [0.15, 0.2) is 5.82 Å². The first kappa shape index (κ1) is 21.9. The van der Waals surface area contributed by atoms with Crippen molar-refractivity contribution in [2.24, 2.45) is 0 Å². The molecule has 9 heteroatoms. The van der Waals surface area contributed by atoms with E-state index in [4.69, 9.17) is 16.3 Å². The van der Waals surface area contributed by atoms with Gasteiger partial charge in [0, 0.05) is 5.02 Å². The molecular weight excluding hydrogens is 474 g/mol. The summed E-state index contributed by atoms with van der Waals surface area (Å²) in [7, 11) is 0.